The molecule has 0 unspecified atom stereocenters. The number of hydrogen-bond acceptors (Lipinski definition) is 5. The number of esters is 1. The number of methoxy groups -OCH3 is 1. The SMILES string of the molecule is COCCNC(=O)[C@H](C)OC(=O)[C@H](C)NC(=O)Nc1ccccc1. The molecule has 0 spiro atoms. The number of para-hydroxylation sites is 1. The molecule has 2 atom stereocenters. The lowest BCUT2D eigenvalue weighted by Crippen LogP contribution is -2.45. The van der Waals surface area contributed by atoms with Crippen molar-refractivity contribution in [2.24, 2.45) is 0 Å². The van der Waals surface area contributed by atoms with Crippen molar-refractivity contribution in [2.45, 2.75) is 26.0 Å². The second kappa shape index (κ2) is 10.2. The zero-order valence-corrected chi connectivity index (χ0v) is 14.0. The van der Waals surface area contributed by atoms with E-state index in [4.69, 9.17) is 9.47 Å². The van der Waals surface area contributed by atoms with Gasteiger partial charge in [-0.25, -0.2) is 9.59 Å². The second-order valence-corrected chi connectivity index (χ2v) is 5.05. The Labute approximate surface area is 140 Å². The fourth-order valence-corrected chi connectivity index (χ4v) is 1.69. The summed E-state index contributed by atoms with van der Waals surface area (Å²) in [5.41, 5.74) is 0.599. The summed E-state index contributed by atoms with van der Waals surface area (Å²) in [6.07, 6.45) is -0.962. The largest absolute Gasteiger partial charge is 0.451 e. The molecule has 0 saturated heterocycles. The number of nitrogens with one attached hydrogen (secondary N) is 3. The summed E-state index contributed by atoms with van der Waals surface area (Å²) in [7, 11) is 1.52. The lowest BCUT2D eigenvalue weighted by molar-refractivity contribution is -0.156. The van der Waals surface area contributed by atoms with E-state index in [0.29, 0.717) is 18.8 Å². The van der Waals surface area contributed by atoms with E-state index in [2.05, 4.69) is 16.0 Å². The second-order valence-electron chi connectivity index (χ2n) is 5.05. The lowest BCUT2D eigenvalue weighted by Gasteiger charge is -2.17. The van der Waals surface area contributed by atoms with E-state index in [9.17, 15) is 14.4 Å². The van der Waals surface area contributed by atoms with Crippen molar-refractivity contribution in [3.05, 3.63) is 30.3 Å². The van der Waals surface area contributed by atoms with Gasteiger partial charge in [-0.3, -0.25) is 4.79 Å². The number of anilines is 1. The van der Waals surface area contributed by atoms with Crippen LogP contribution in [0.2, 0.25) is 0 Å². The van der Waals surface area contributed by atoms with E-state index in [1.807, 2.05) is 6.07 Å². The van der Waals surface area contributed by atoms with E-state index >= 15 is 0 Å². The third-order valence-corrected chi connectivity index (χ3v) is 3.00. The van der Waals surface area contributed by atoms with E-state index in [1.165, 1.54) is 21.0 Å². The van der Waals surface area contributed by atoms with Crippen LogP contribution in [0.25, 0.3) is 0 Å². The molecule has 24 heavy (non-hydrogen) atoms. The Morgan fingerprint density at radius 2 is 1.79 bits per heavy atom. The minimum atomic E-state index is -0.962. The molecule has 0 fully saturated rings. The quantitative estimate of drug-likeness (QED) is 0.482. The average molecular weight is 337 g/mol. The Bertz CT molecular complexity index is 550. The van der Waals surface area contributed by atoms with Gasteiger partial charge in [0, 0.05) is 19.3 Å². The van der Waals surface area contributed by atoms with Gasteiger partial charge in [0.1, 0.15) is 6.04 Å². The Morgan fingerprint density at radius 1 is 1.12 bits per heavy atom. The fourth-order valence-electron chi connectivity index (χ4n) is 1.69. The van der Waals surface area contributed by atoms with Crippen LogP contribution in [0.3, 0.4) is 0 Å². The number of rotatable bonds is 8. The molecule has 0 radical (unpaired) electrons. The molecule has 3 amide bonds. The summed E-state index contributed by atoms with van der Waals surface area (Å²) in [5, 5.41) is 7.60. The smallest absolute Gasteiger partial charge is 0.329 e. The van der Waals surface area contributed by atoms with Crippen LogP contribution in [0.4, 0.5) is 10.5 Å². The van der Waals surface area contributed by atoms with Crippen LogP contribution in [-0.4, -0.2) is 50.3 Å². The van der Waals surface area contributed by atoms with Crippen LogP contribution in [0.5, 0.6) is 0 Å². The van der Waals surface area contributed by atoms with Gasteiger partial charge in [0.2, 0.25) is 0 Å². The van der Waals surface area contributed by atoms with Crippen molar-refractivity contribution in [3.8, 4) is 0 Å². The Morgan fingerprint density at radius 3 is 2.42 bits per heavy atom. The number of hydrogen-bond donors (Lipinski definition) is 3. The van der Waals surface area contributed by atoms with Gasteiger partial charge in [0.05, 0.1) is 6.61 Å². The van der Waals surface area contributed by atoms with Crippen LogP contribution in [-0.2, 0) is 19.1 Å². The minimum Gasteiger partial charge on any atom is -0.451 e. The van der Waals surface area contributed by atoms with Crippen molar-refractivity contribution in [2.75, 3.05) is 25.6 Å². The summed E-state index contributed by atoms with van der Waals surface area (Å²) in [5.74, 6) is -1.13. The third-order valence-electron chi connectivity index (χ3n) is 3.00. The number of carbonyl (C=O) groups excluding carboxylic acids is 3. The summed E-state index contributed by atoms with van der Waals surface area (Å²) >= 11 is 0. The van der Waals surface area contributed by atoms with E-state index in [1.54, 1.807) is 24.3 Å². The van der Waals surface area contributed by atoms with Crippen LogP contribution in [0, 0.1) is 0 Å². The molecule has 0 aliphatic heterocycles. The molecule has 0 bridgehead atoms. The standard InChI is InChI=1S/C16H23N3O5/c1-11(18-16(22)19-13-7-5-4-6-8-13)15(21)24-12(2)14(20)17-9-10-23-3/h4-8,11-12H,9-10H2,1-3H3,(H,17,20)(H2,18,19,22)/t11-,12-/m0/s1. The van der Waals surface area contributed by atoms with Gasteiger partial charge in [-0.15, -0.1) is 0 Å². The first kappa shape index (κ1) is 19.4. The minimum absolute atomic E-state index is 0.324. The lowest BCUT2D eigenvalue weighted by atomic mass is 10.3. The highest BCUT2D eigenvalue weighted by molar-refractivity contribution is 5.93. The maximum atomic E-state index is 11.9. The zero-order valence-electron chi connectivity index (χ0n) is 14.0. The predicted octanol–water partition coefficient (Wildman–Crippen LogP) is 0.891. The van der Waals surface area contributed by atoms with Gasteiger partial charge >= 0.3 is 12.0 Å². The average Bonchev–Trinajstić information content (AvgIpc) is 2.55. The Hall–Kier alpha value is -2.61. The molecule has 8 heteroatoms. The van der Waals surface area contributed by atoms with Crippen molar-refractivity contribution in [1.82, 2.24) is 10.6 Å². The summed E-state index contributed by atoms with van der Waals surface area (Å²) in [4.78, 5) is 35.4. The number of amides is 3. The van der Waals surface area contributed by atoms with Crippen molar-refractivity contribution < 1.29 is 23.9 Å². The molecule has 0 aliphatic carbocycles. The molecule has 0 aliphatic rings. The van der Waals surface area contributed by atoms with Crippen molar-refractivity contribution >= 4 is 23.6 Å². The number of ether oxygens (including phenoxy) is 2. The number of carbonyl (C=O) groups is 3. The van der Waals surface area contributed by atoms with Gasteiger partial charge in [-0.1, -0.05) is 18.2 Å². The maximum Gasteiger partial charge on any atom is 0.329 e. The Kier molecular flexibility index (Phi) is 8.28. The highest BCUT2D eigenvalue weighted by Gasteiger charge is 2.22. The summed E-state index contributed by atoms with van der Waals surface area (Å²) < 4.78 is 9.83. The fraction of sp³-hybridized carbons (Fsp3) is 0.438. The molecule has 0 heterocycles. The first-order valence-electron chi connectivity index (χ1n) is 7.53. The molecular weight excluding hydrogens is 314 g/mol. The molecule has 3 N–H and O–H groups in total. The third kappa shape index (κ3) is 7.10. The molecule has 132 valence electrons. The molecule has 0 aromatic heterocycles. The van der Waals surface area contributed by atoms with Gasteiger partial charge in [0.15, 0.2) is 6.10 Å². The Balaban J connectivity index is 2.38. The maximum absolute atomic E-state index is 11.9. The molecular formula is C16H23N3O5. The van der Waals surface area contributed by atoms with E-state index < -0.39 is 30.1 Å². The first-order valence-corrected chi connectivity index (χ1v) is 7.53. The van der Waals surface area contributed by atoms with Crippen LogP contribution < -0.4 is 16.0 Å². The highest BCUT2D eigenvalue weighted by atomic mass is 16.5. The van der Waals surface area contributed by atoms with Crippen LogP contribution in [0.1, 0.15) is 13.8 Å². The van der Waals surface area contributed by atoms with Gasteiger partial charge in [0.25, 0.3) is 5.91 Å². The zero-order chi connectivity index (χ0) is 17.9. The van der Waals surface area contributed by atoms with Crippen LogP contribution >= 0.6 is 0 Å². The first-order chi connectivity index (χ1) is 11.4. The summed E-state index contributed by atoms with van der Waals surface area (Å²) in [6.45, 7) is 3.62. The van der Waals surface area contributed by atoms with E-state index in [-0.39, 0.29) is 0 Å². The number of urea groups is 1. The monoisotopic (exact) mass is 337 g/mol. The highest BCUT2D eigenvalue weighted by Crippen LogP contribution is 2.04. The predicted molar refractivity (Wildman–Crippen MR) is 88.5 cm³/mol. The van der Waals surface area contributed by atoms with Crippen molar-refractivity contribution in [1.29, 1.82) is 0 Å². The number of benzene rings is 1. The van der Waals surface area contributed by atoms with Gasteiger partial charge in [-0.2, -0.15) is 0 Å². The summed E-state index contributed by atoms with van der Waals surface area (Å²) in [6, 6.07) is 7.37. The van der Waals surface area contributed by atoms with Crippen LogP contribution in [0.15, 0.2) is 30.3 Å². The topological polar surface area (TPSA) is 106 Å². The van der Waals surface area contributed by atoms with E-state index in [0.717, 1.165) is 0 Å². The molecule has 1 rings (SSSR count). The normalized spacial score (nSPS) is 12.6. The van der Waals surface area contributed by atoms with Gasteiger partial charge in [-0.05, 0) is 26.0 Å². The van der Waals surface area contributed by atoms with Crippen molar-refractivity contribution in [3.63, 3.8) is 0 Å². The molecule has 8 nitrogen and oxygen atoms in total. The van der Waals surface area contributed by atoms with Gasteiger partial charge < -0.3 is 25.4 Å². The molecule has 0 saturated carbocycles. The molecule has 1 aromatic rings. The molecule has 1 aromatic carbocycles.